The van der Waals surface area contributed by atoms with E-state index in [-0.39, 0.29) is 11.7 Å². The van der Waals surface area contributed by atoms with Gasteiger partial charge in [-0.25, -0.2) is 4.98 Å². The first kappa shape index (κ1) is 19.1. The number of rotatable bonds is 4. The molecule has 1 aromatic heterocycles. The lowest BCUT2D eigenvalue weighted by Crippen LogP contribution is -2.17. The normalized spacial score (nSPS) is 14.3. The fourth-order valence-corrected chi connectivity index (χ4v) is 4.74. The van der Waals surface area contributed by atoms with Gasteiger partial charge in [0, 0.05) is 22.3 Å². The van der Waals surface area contributed by atoms with Gasteiger partial charge >= 0.3 is 0 Å². The van der Waals surface area contributed by atoms with Crippen LogP contribution in [0, 0.1) is 18.3 Å². The number of carbonyl (C=O) groups excluding carboxylic acids is 1. The number of amides is 1. The van der Waals surface area contributed by atoms with Crippen molar-refractivity contribution < 1.29 is 14.3 Å². The lowest BCUT2D eigenvalue weighted by atomic mass is 10.0. The van der Waals surface area contributed by atoms with Gasteiger partial charge in [-0.3, -0.25) is 4.79 Å². The number of nitrogens with one attached hydrogen (secondary N) is 1. The molecule has 2 aromatic rings. The molecule has 0 saturated heterocycles. The van der Waals surface area contributed by atoms with Crippen LogP contribution in [0.2, 0.25) is 0 Å². The van der Waals surface area contributed by atoms with E-state index in [0.29, 0.717) is 41.0 Å². The zero-order valence-electron chi connectivity index (χ0n) is 15.3. The smallest absolute Gasteiger partial charge is 0.234 e. The van der Waals surface area contributed by atoms with Crippen LogP contribution in [0.3, 0.4) is 0 Å². The van der Waals surface area contributed by atoms with E-state index < -0.39 is 0 Å². The van der Waals surface area contributed by atoms with Gasteiger partial charge < -0.3 is 14.8 Å². The van der Waals surface area contributed by atoms with Crippen LogP contribution in [0.15, 0.2) is 21.6 Å². The van der Waals surface area contributed by atoms with Crippen molar-refractivity contribution in [3.05, 3.63) is 39.0 Å². The summed E-state index contributed by atoms with van der Waals surface area (Å²) < 4.78 is 11.8. The third-order valence-corrected chi connectivity index (χ3v) is 6.46. The number of benzene rings is 1. The lowest BCUT2D eigenvalue weighted by Gasteiger charge is -2.20. The SMILES string of the molecule is Cc1c(C#N)c(SCC(=O)Nc2cc3c(cc2Br)OCCO3)nc2c1CCC2. The number of carbonyl (C=O) groups is 1. The Morgan fingerprint density at radius 2 is 2.07 bits per heavy atom. The average Bonchev–Trinajstić information content (AvgIpc) is 3.16. The monoisotopic (exact) mass is 459 g/mol. The molecule has 2 aliphatic rings. The highest BCUT2D eigenvalue weighted by molar-refractivity contribution is 9.10. The van der Waals surface area contributed by atoms with Gasteiger partial charge in [0.1, 0.15) is 24.3 Å². The number of fused-ring (bicyclic) bond motifs is 2. The van der Waals surface area contributed by atoms with Crippen LogP contribution in [0.4, 0.5) is 5.69 Å². The number of hydrogen-bond acceptors (Lipinski definition) is 6. The summed E-state index contributed by atoms with van der Waals surface area (Å²) in [6.45, 7) is 2.97. The van der Waals surface area contributed by atoms with Gasteiger partial charge in [0.25, 0.3) is 0 Å². The Balaban J connectivity index is 1.47. The maximum Gasteiger partial charge on any atom is 0.234 e. The molecule has 0 fully saturated rings. The highest BCUT2D eigenvalue weighted by Gasteiger charge is 2.22. The van der Waals surface area contributed by atoms with Gasteiger partial charge in [0.05, 0.1) is 17.0 Å². The number of hydrogen-bond donors (Lipinski definition) is 1. The Hall–Kier alpha value is -2.24. The quantitative estimate of drug-likeness (QED) is 0.695. The maximum atomic E-state index is 12.5. The van der Waals surface area contributed by atoms with E-state index in [1.165, 1.54) is 17.3 Å². The highest BCUT2D eigenvalue weighted by atomic mass is 79.9. The lowest BCUT2D eigenvalue weighted by molar-refractivity contribution is -0.113. The minimum Gasteiger partial charge on any atom is -0.486 e. The van der Waals surface area contributed by atoms with Crippen molar-refractivity contribution in [1.29, 1.82) is 5.26 Å². The minimum absolute atomic E-state index is 0.167. The van der Waals surface area contributed by atoms with Crippen LogP contribution < -0.4 is 14.8 Å². The average molecular weight is 460 g/mol. The van der Waals surface area contributed by atoms with Crippen molar-refractivity contribution in [2.45, 2.75) is 31.2 Å². The third kappa shape index (κ3) is 3.69. The van der Waals surface area contributed by atoms with Gasteiger partial charge in [-0.15, -0.1) is 0 Å². The summed E-state index contributed by atoms with van der Waals surface area (Å²) in [5, 5.41) is 13.1. The molecule has 0 bridgehead atoms. The van der Waals surface area contributed by atoms with Crippen molar-refractivity contribution >= 4 is 39.3 Å². The largest absolute Gasteiger partial charge is 0.486 e. The second-order valence-corrected chi connectivity index (χ2v) is 8.44. The highest BCUT2D eigenvalue weighted by Crippen LogP contribution is 2.38. The van der Waals surface area contributed by atoms with Gasteiger partial charge in [0.15, 0.2) is 11.5 Å². The molecule has 0 spiro atoms. The number of halogens is 1. The van der Waals surface area contributed by atoms with E-state index in [2.05, 4.69) is 32.3 Å². The zero-order valence-corrected chi connectivity index (χ0v) is 17.7. The molecule has 28 heavy (non-hydrogen) atoms. The molecule has 1 aromatic carbocycles. The first-order valence-electron chi connectivity index (χ1n) is 9.01. The molecule has 0 unspecified atom stereocenters. The Morgan fingerprint density at radius 1 is 1.32 bits per heavy atom. The van der Waals surface area contributed by atoms with Crippen LogP contribution in [0.5, 0.6) is 11.5 Å². The van der Waals surface area contributed by atoms with E-state index in [4.69, 9.17) is 9.47 Å². The van der Waals surface area contributed by atoms with E-state index in [1.54, 1.807) is 12.1 Å². The number of thioether (sulfide) groups is 1. The first-order valence-corrected chi connectivity index (χ1v) is 10.8. The molecule has 1 amide bonds. The van der Waals surface area contributed by atoms with Crippen LogP contribution in [-0.4, -0.2) is 29.9 Å². The number of pyridine rings is 1. The van der Waals surface area contributed by atoms with Gasteiger partial charge in [-0.1, -0.05) is 11.8 Å². The van der Waals surface area contributed by atoms with Crippen LogP contribution >= 0.6 is 27.7 Å². The molecule has 4 rings (SSSR count). The summed E-state index contributed by atoms with van der Waals surface area (Å²) in [6.07, 6.45) is 2.99. The van der Waals surface area contributed by atoms with Crippen LogP contribution in [-0.2, 0) is 17.6 Å². The second kappa shape index (κ2) is 8.02. The van der Waals surface area contributed by atoms with Crippen molar-refractivity contribution in [3.63, 3.8) is 0 Å². The van der Waals surface area contributed by atoms with E-state index in [1.807, 2.05) is 6.92 Å². The predicted octanol–water partition coefficient (Wildman–Crippen LogP) is 4.01. The number of anilines is 1. The topological polar surface area (TPSA) is 84.2 Å². The van der Waals surface area contributed by atoms with Crippen LogP contribution in [0.1, 0.15) is 28.8 Å². The number of aromatic nitrogens is 1. The Bertz CT molecular complexity index is 1000. The summed E-state index contributed by atoms with van der Waals surface area (Å²) in [5.41, 5.74) is 4.47. The molecular weight excluding hydrogens is 442 g/mol. The van der Waals surface area contributed by atoms with Crippen molar-refractivity contribution in [2.75, 3.05) is 24.3 Å². The minimum atomic E-state index is -0.175. The number of nitrogens with zero attached hydrogens (tertiary/aromatic N) is 2. The summed E-state index contributed by atoms with van der Waals surface area (Å²) in [5.74, 6) is 1.26. The maximum absolute atomic E-state index is 12.5. The van der Waals surface area contributed by atoms with E-state index in [9.17, 15) is 10.1 Å². The molecule has 8 heteroatoms. The number of nitriles is 1. The number of aryl methyl sites for hydroxylation is 1. The molecule has 144 valence electrons. The summed E-state index contributed by atoms with van der Waals surface area (Å²) in [4.78, 5) is 17.1. The summed E-state index contributed by atoms with van der Waals surface area (Å²) >= 11 is 4.75. The fraction of sp³-hybridized carbons (Fsp3) is 0.350. The zero-order chi connectivity index (χ0) is 19.7. The van der Waals surface area contributed by atoms with Gasteiger partial charge in [-0.05, 0) is 53.2 Å². The second-order valence-electron chi connectivity index (χ2n) is 6.62. The predicted molar refractivity (Wildman–Crippen MR) is 110 cm³/mol. The molecule has 1 aliphatic heterocycles. The molecule has 0 radical (unpaired) electrons. The van der Waals surface area contributed by atoms with Crippen molar-refractivity contribution in [3.8, 4) is 17.6 Å². The molecule has 1 N–H and O–H groups in total. The summed E-state index contributed by atoms with van der Waals surface area (Å²) in [7, 11) is 0. The molecule has 6 nitrogen and oxygen atoms in total. The van der Waals surface area contributed by atoms with Gasteiger partial charge in [0.2, 0.25) is 5.91 Å². The Labute approximate surface area is 175 Å². The Morgan fingerprint density at radius 3 is 2.82 bits per heavy atom. The van der Waals surface area contributed by atoms with Gasteiger partial charge in [-0.2, -0.15) is 5.26 Å². The standard InChI is InChI=1S/C20H18BrN3O3S/c1-11-12-3-2-4-15(12)24-20(13(11)9-22)28-10-19(25)23-16-8-18-17(7-14(16)21)26-5-6-27-18/h7-8H,2-6,10H2,1H3,(H,23,25). The molecule has 1 aliphatic carbocycles. The molecule has 0 atom stereocenters. The molecule has 2 heterocycles. The van der Waals surface area contributed by atoms with E-state index >= 15 is 0 Å². The van der Waals surface area contributed by atoms with Crippen molar-refractivity contribution in [2.24, 2.45) is 0 Å². The Kier molecular flexibility index (Phi) is 5.47. The molecular formula is C20H18BrN3O3S. The fourth-order valence-electron chi connectivity index (χ4n) is 3.46. The van der Waals surface area contributed by atoms with E-state index in [0.717, 1.165) is 35.0 Å². The molecule has 0 saturated carbocycles. The number of ether oxygens (including phenoxy) is 2. The summed E-state index contributed by atoms with van der Waals surface area (Å²) in [6, 6.07) is 5.80. The van der Waals surface area contributed by atoms with Crippen LogP contribution in [0.25, 0.3) is 0 Å². The van der Waals surface area contributed by atoms with Crippen molar-refractivity contribution in [1.82, 2.24) is 4.98 Å². The third-order valence-electron chi connectivity index (χ3n) is 4.82. The first-order chi connectivity index (χ1) is 13.6.